The number of hydrogen-bond donors (Lipinski definition) is 1. The molecule has 1 aromatic rings. The van der Waals surface area contributed by atoms with E-state index in [1.165, 1.54) is 32.5 Å². The molecule has 0 bridgehead atoms. The summed E-state index contributed by atoms with van der Waals surface area (Å²) in [5, 5.41) is 3.67. The second-order valence-corrected chi connectivity index (χ2v) is 5.46. The minimum atomic E-state index is 0.305. The van der Waals surface area contributed by atoms with Crippen molar-refractivity contribution in [1.82, 2.24) is 10.2 Å². The topological polar surface area (TPSA) is 28.4 Å². The Morgan fingerprint density at radius 2 is 2.11 bits per heavy atom. The molecular weight excluding hydrogens is 224 g/mol. The Hall–Kier alpha value is -0.800. The zero-order chi connectivity index (χ0) is 13.0. The molecule has 2 heterocycles. The summed E-state index contributed by atoms with van der Waals surface area (Å²) in [6.07, 6.45) is 4.37. The largest absolute Gasteiger partial charge is 0.468 e. The lowest BCUT2D eigenvalue weighted by Crippen LogP contribution is -2.42. The third-order valence-corrected chi connectivity index (χ3v) is 4.27. The van der Waals surface area contributed by atoms with Crippen molar-refractivity contribution in [1.29, 1.82) is 0 Å². The van der Waals surface area contributed by atoms with Crippen LogP contribution in [0.2, 0.25) is 0 Å². The fourth-order valence-electron chi connectivity index (χ4n) is 2.92. The third kappa shape index (κ3) is 3.36. The number of furan rings is 1. The predicted octanol–water partition coefficient (Wildman–Crippen LogP) is 3.05. The maximum Gasteiger partial charge on any atom is 0.120 e. The summed E-state index contributed by atoms with van der Waals surface area (Å²) >= 11 is 0. The molecule has 1 fully saturated rings. The van der Waals surface area contributed by atoms with E-state index >= 15 is 0 Å². The van der Waals surface area contributed by atoms with E-state index in [9.17, 15) is 0 Å². The molecule has 3 nitrogen and oxygen atoms in total. The molecule has 1 aliphatic heterocycles. The van der Waals surface area contributed by atoms with Crippen LogP contribution in [-0.2, 0) is 0 Å². The van der Waals surface area contributed by atoms with Crippen molar-refractivity contribution in [3.8, 4) is 0 Å². The number of nitrogens with one attached hydrogen (secondary N) is 1. The van der Waals surface area contributed by atoms with Crippen molar-refractivity contribution in [2.24, 2.45) is 5.92 Å². The lowest BCUT2D eigenvalue weighted by molar-refractivity contribution is 0.163. The minimum Gasteiger partial charge on any atom is -0.468 e. The lowest BCUT2D eigenvalue weighted by atomic mass is 9.90. The Balaban J connectivity index is 1.80. The minimum absolute atomic E-state index is 0.305. The van der Waals surface area contributed by atoms with E-state index < -0.39 is 0 Å². The molecule has 1 saturated heterocycles. The number of hydrogen-bond acceptors (Lipinski definition) is 3. The summed E-state index contributed by atoms with van der Waals surface area (Å²) in [6, 6.07) is 4.87. The SMILES string of the molecule is CCN1CCC(C(C)N[C@H](C)c2ccco2)CC1. The first-order valence-electron chi connectivity index (χ1n) is 7.22. The average Bonchev–Trinajstić information content (AvgIpc) is 2.92. The maximum atomic E-state index is 5.45. The molecule has 0 aromatic carbocycles. The number of nitrogens with zero attached hydrogens (tertiary/aromatic N) is 1. The van der Waals surface area contributed by atoms with Crippen LogP contribution in [0.4, 0.5) is 0 Å². The van der Waals surface area contributed by atoms with E-state index in [0.717, 1.165) is 11.7 Å². The van der Waals surface area contributed by atoms with Crippen LogP contribution in [-0.4, -0.2) is 30.6 Å². The van der Waals surface area contributed by atoms with Gasteiger partial charge in [0.05, 0.1) is 12.3 Å². The molecule has 0 radical (unpaired) electrons. The van der Waals surface area contributed by atoms with E-state index in [1.807, 2.05) is 12.1 Å². The molecule has 3 heteroatoms. The average molecular weight is 250 g/mol. The van der Waals surface area contributed by atoms with E-state index in [2.05, 4.69) is 31.0 Å². The van der Waals surface area contributed by atoms with Gasteiger partial charge in [-0.2, -0.15) is 0 Å². The van der Waals surface area contributed by atoms with Gasteiger partial charge in [0.25, 0.3) is 0 Å². The van der Waals surface area contributed by atoms with Crippen LogP contribution in [0.5, 0.6) is 0 Å². The molecule has 18 heavy (non-hydrogen) atoms. The van der Waals surface area contributed by atoms with E-state index in [4.69, 9.17) is 4.42 Å². The summed E-state index contributed by atoms with van der Waals surface area (Å²) in [5.74, 6) is 1.83. The number of likely N-dealkylation sites (tertiary alicyclic amines) is 1. The van der Waals surface area contributed by atoms with Gasteiger partial charge in [0.2, 0.25) is 0 Å². The molecule has 1 N–H and O–H groups in total. The van der Waals surface area contributed by atoms with Crippen molar-refractivity contribution in [2.45, 2.75) is 45.7 Å². The van der Waals surface area contributed by atoms with Gasteiger partial charge in [-0.3, -0.25) is 0 Å². The van der Waals surface area contributed by atoms with Crippen molar-refractivity contribution in [2.75, 3.05) is 19.6 Å². The molecule has 0 amide bonds. The van der Waals surface area contributed by atoms with Crippen LogP contribution in [0.3, 0.4) is 0 Å². The molecule has 0 aliphatic carbocycles. The Labute approximate surface area is 111 Å². The summed E-state index contributed by atoms with van der Waals surface area (Å²) in [5.41, 5.74) is 0. The quantitative estimate of drug-likeness (QED) is 0.870. The highest BCUT2D eigenvalue weighted by Gasteiger charge is 2.24. The summed E-state index contributed by atoms with van der Waals surface area (Å²) in [7, 11) is 0. The molecule has 0 spiro atoms. The van der Waals surface area contributed by atoms with Crippen molar-refractivity contribution >= 4 is 0 Å². The normalized spacial score (nSPS) is 21.9. The van der Waals surface area contributed by atoms with Gasteiger partial charge in [-0.15, -0.1) is 0 Å². The monoisotopic (exact) mass is 250 g/mol. The van der Waals surface area contributed by atoms with Gasteiger partial charge in [0, 0.05) is 6.04 Å². The van der Waals surface area contributed by atoms with Crippen LogP contribution in [0.15, 0.2) is 22.8 Å². The van der Waals surface area contributed by atoms with Gasteiger partial charge in [-0.1, -0.05) is 6.92 Å². The molecule has 1 aliphatic rings. The van der Waals surface area contributed by atoms with Crippen LogP contribution in [0.1, 0.15) is 45.4 Å². The smallest absolute Gasteiger partial charge is 0.120 e. The first kappa shape index (κ1) is 13.6. The lowest BCUT2D eigenvalue weighted by Gasteiger charge is -2.35. The molecule has 2 rings (SSSR count). The van der Waals surface area contributed by atoms with E-state index in [0.29, 0.717) is 12.1 Å². The van der Waals surface area contributed by atoms with Crippen LogP contribution in [0, 0.1) is 5.92 Å². The van der Waals surface area contributed by atoms with Crippen molar-refractivity contribution in [3.63, 3.8) is 0 Å². The van der Waals surface area contributed by atoms with Crippen molar-refractivity contribution < 1.29 is 4.42 Å². The van der Waals surface area contributed by atoms with Crippen molar-refractivity contribution in [3.05, 3.63) is 24.2 Å². The molecular formula is C15H26N2O. The Morgan fingerprint density at radius 3 is 2.67 bits per heavy atom. The van der Waals surface area contributed by atoms with Crippen LogP contribution < -0.4 is 5.32 Å². The standard InChI is InChI=1S/C15H26N2O/c1-4-17-9-7-14(8-10-17)12(2)16-13(3)15-6-5-11-18-15/h5-6,11-14,16H,4,7-10H2,1-3H3/t12?,13-/m1/s1. The molecule has 0 saturated carbocycles. The van der Waals surface area contributed by atoms with Gasteiger partial charge < -0.3 is 14.6 Å². The molecule has 2 atom stereocenters. The zero-order valence-corrected chi connectivity index (χ0v) is 11.9. The molecule has 1 unspecified atom stereocenters. The number of rotatable bonds is 5. The van der Waals surface area contributed by atoms with Gasteiger partial charge in [-0.25, -0.2) is 0 Å². The van der Waals surface area contributed by atoms with E-state index in [1.54, 1.807) is 6.26 Å². The van der Waals surface area contributed by atoms with Gasteiger partial charge in [0.1, 0.15) is 5.76 Å². The van der Waals surface area contributed by atoms with Gasteiger partial charge >= 0.3 is 0 Å². The molecule has 102 valence electrons. The summed E-state index contributed by atoms with van der Waals surface area (Å²) in [4.78, 5) is 2.54. The Bertz CT molecular complexity index is 328. The Morgan fingerprint density at radius 1 is 1.39 bits per heavy atom. The first-order valence-corrected chi connectivity index (χ1v) is 7.22. The summed E-state index contributed by atoms with van der Waals surface area (Å²) < 4.78 is 5.45. The third-order valence-electron chi connectivity index (χ3n) is 4.27. The fourth-order valence-corrected chi connectivity index (χ4v) is 2.92. The van der Waals surface area contributed by atoms with Crippen LogP contribution in [0.25, 0.3) is 0 Å². The van der Waals surface area contributed by atoms with Gasteiger partial charge in [-0.05, 0) is 64.4 Å². The van der Waals surface area contributed by atoms with Gasteiger partial charge in [0.15, 0.2) is 0 Å². The number of piperidine rings is 1. The first-order chi connectivity index (χ1) is 8.70. The summed E-state index contributed by atoms with van der Waals surface area (Å²) in [6.45, 7) is 10.4. The molecule has 1 aromatic heterocycles. The van der Waals surface area contributed by atoms with E-state index in [-0.39, 0.29) is 0 Å². The second-order valence-electron chi connectivity index (χ2n) is 5.46. The maximum absolute atomic E-state index is 5.45. The fraction of sp³-hybridized carbons (Fsp3) is 0.733. The highest BCUT2D eigenvalue weighted by Crippen LogP contribution is 2.23. The predicted molar refractivity (Wildman–Crippen MR) is 74.6 cm³/mol. The Kier molecular flexibility index (Phi) is 4.84. The van der Waals surface area contributed by atoms with Crippen LogP contribution >= 0.6 is 0 Å². The highest BCUT2D eigenvalue weighted by atomic mass is 16.3. The highest BCUT2D eigenvalue weighted by molar-refractivity contribution is 5.03. The zero-order valence-electron chi connectivity index (χ0n) is 11.9. The second kappa shape index (κ2) is 6.39.